The summed E-state index contributed by atoms with van der Waals surface area (Å²) in [6.45, 7) is 0. The Morgan fingerprint density at radius 3 is 1.87 bits per heavy atom. The van der Waals surface area contributed by atoms with E-state index in [1.165, 1.54) is 53.6 Å². The minimum absolute atomic E-state index is 0.563. The van der Waals surface area contributed by atoms with Gasteiger partial charge in [0.05, 0.1) is 15.8 Å². The van der Waals surface area contributed by atoms with Crippen LogP contribution in [0.5, 0.6) is 11.5 Å². The lowest BCUT2D eigenvalue weighted by molar-refractivity contribution is 0.436. The van der Waals surface area contributed by atoms with E-state index >= 15 is 0 Å². The molecular weight excluding hydrogens is 686 g/mol. The SMILES string of the molecule is Clc1ccc2c(c1)Oc1cc(N(c3ccccc3)c3ccc(-c4ccccc4)c4c3sc3ccccc34)ccc1C21c2ccccc2-c2ccccc21. The summed E-state index contributed by atoms with van der Waals surface area (Å²) in [5.41, 5.74) is 12.3. The summed E-state index contributed by atoms with van der Waals surface area (Å²) >= 11 is 8.55. The predicted octanol–water partition coefficient (Wildman–Crippen LogP) is 14.3. The van der Waals surface area contributed by atoms with E-state index in [2.05, 4.69) is 175 Å². The maximum Gasteiger partial charge on any atom is 0.134 e. The number of nitrogens with zero attached hydrogens (tertiary/aromatic N) is 1. The normalized spacial score (nSPS) is 13.3. The standard InChI is InChI=1S/C49H30ClNOS/c50-32-23-26-41-44(29-32)52-45-30-34(24-27-42(45)49(41)39-20-10-7-17-36(39)37-18-8-11-21-40(37)49)51(33-15-5-2-6-16-33)43-28-25-35(31-13-3-1-4-14-31)47-38-19-9-12-22-46(38)53-48(43)47/h1-30H. The van der Waals surface area contributed by atoms with Gasteiger partial charge < -0.3 is 9.64 Å². The summed E-state index contributed by atoms with van der Waals surface area (Å²) in [4.78, 5) is 2.38. The Morgan fingerprint density at radius 2 is 1.11 bits per heavy atom. The van der Waals surface area contributed by atoms with Crippen molar-refractivity contribution in [1.82, 2.24) is 0 Å². The molecule has 2 aliphatic rings. The van der Waals surface area contributed by atoms with Crippen molar-refractivity contribution in [2.24, 2.45) is 0 Å². The van der Waals surface area contributed by atoms with E-state index in [4.69, 9.17) is 16.3 Å². The van der Waals surface area contributed by atoms with E-state index in [0.29, 0.717) is 5.02 Å². The minimum Gasteiger partial charge on any atom is -0.457 e. The molecule has 0 unspecified atom stereocenters. The van der Waals surface area contributed by atoms with Crippen LogP contribution < -0.4 is 9.64 Å². The molecule has 0 radical (unpaired) electrons. The summed E-state index contributed by atoms with van der Waals surface area (Å²) in [6.07, 6.45) is 0. The molecule has 0 fully saturated rings. The fraction of sp³-hybridized carbons (Fsp3) is 0.0204. The molecule has 0 saturated carbocycles. The first kappa shape index (κ1) is 30.5. The largest absolute Gasteiger partial charge is 0.457 e. The van der Waals surface area contributed by atoms with E-state index in [9.17, 15) is 0 Å². The maximum absolute atomic E-state index is 6.94. The van der Waals surface area contributed by atoms with Crippen LogP contribution in [0, 0.1) is 0 Å². The van der Waals surface area contributed by atoms with Crippen LogP contribution in [0.1, 0.15) is 22.3 Å². The molecule has 0 saturated heterocycles. The number of thiophene rings is 1. The second-order valence-electron chi connectivity index (χ2n) is 13.7. The minimum atomic E-state index is -0.563. The number of fused-ring (bicyclic) bond motifs is 12. The molecule has 1 aliphatic carbocycles. The van der Waals surface area contributed by atoms with Crippen molar-refractivity contribution in [3.8, 4) is 33.8 Å². The van der Waals surface area contributed by atoms with E-state index < -0.39 is 5.41 Å². The van der Waals surface area contributed by atoms with Crippen LogP contribution in [0.3, 0.4) is 0 Å². The zero-order valence-electron chi connectivity index (χ0n) is 28.5. The second-order valence-corrected chi connectivity index (χ2v) is 15.2. The van der Waals surface area contributed by atoms with Gasteiger partial charge in [-0.1, -0.05) is 145 Å². The second kappa shape index (κ2) is 11.7. The van der Waals surface area contributed by atoms with Gasteiger partial charge in [-0.15, -0.1) is 11.3 Å². The third-order valence-corrected chi connectivity index (χ3v) is 12.4. The van der Waals surface area contributed by atoms with E-state index in [0.717, 1.165) is 39.7 Å². The number of para-hydroxylation sites is 1. The predicted molar refractivity (Wildman–Crippen MR) is 222 cm³/mol. The maximum atomic E-state index is 6.94. The highest BCUT2D eigenvalue weighted by atomic mass is 35.5. The van der Waals surface area contributed by atoms with Crippen LogP contribution in [-0.2, 0) is 5.41 Å². The Bertz CT molecular complexity index is 2850. The molecule has 4 heteroatoms. The van der Waals surface area contributed by atoms with Gasteiger partial charge in [0.2, 0.25) is 0 Å². The summed E-state index contributed by atoms with van der Waals surface area (Å²) in [6, 6.07) is 65.2. The van der Waals surface area contributed by atoms with Gasteiger partial charge in [-0.25, -0.2) is 0 Å². The number of hydrogen-bond acceptors (Lipinski definition) is 3. The van der Waals surface area contributed by atoms with E-state index in [1.54, 1.807) is 0 Å². The van der Waals surface area contributed by atoms with Crippen LogP contribution in [0.4, 0.5) is 17.1 Å². The molecule has 11 rings (SSSR count). The van der Waals surface area contributed by atoms with Gasteiger partial charge in [0.15, 0.2) is 0 Å². The average Bonchev–Trinajstić information content (AvgIpc) is 3.74. The summed E-state index contributed by atoms with van der Waals surface area (Å²) < 4.78 is 9.45. The third kappa shape index (κ3) is 4.39. The number of halogens is 1. The molecule has 53 heavy (non-hydrogen) atoms. The quantitative estimate of drug-likeness (QED) is 0.180. The van der Waals surface area contributed by atoms with Gasteiger partial charge in [0.25, 0.3) is 0 Å². The van der Waals surface area contributed by atoms with Crippen LogP contribution in [0.15, 0.2) is 182 Å². The monoisotopic (exact) mass is 715 g/mol. The first-order valence-electron chi connectivity index (χ1n) is 17.9. The molecule has 9 aromatic rings. The summed E-state index contributed by atoms with van der Waals surface area (Å²) in [5.74, 6) is 1.59. The van der Waals surface area contributed by atoms with Crippen molar-refractivity contribution in [2.75, 3.05) is 4.90 Å². The van der Waals surface area contributed by atoms with Gasteiger partial charge in [0, 0.05) is 49.1 Å². The fourth-order valence-electron chi connectivity index (χ4n) is 8.87. The third-order valence-electron chi connectivity index (χ3n) is 11.0. The Labute approximate surface area is 316 Å². The molecule has 0 atom stereocenters. The zero-order valence-corrected chi connectivity index (χ0v) is 30.0. The number of ether oxygens (including phenoxy) is 1. The lowest BCUT2D eigenvalue weighted by atomic mass is 9.66. The van der Waals surface area contributed by atoms with Crippen molar-refractivity contribution in [3.63, 3.8) is 0 Å². The number of anilines is 3. The molecule has 2 nitrogen and oxygen atoms in total. The van der Waals surface area contributed by atoms with Crippen molar-refractivity contribution >= 4 is 60.2 Å². The molecular formula is C49H30ClNOS. The van der Waals surface area contributed by atoms with Crippen molar-refractivity contribution in [3.05, 3.63) is 209 Å². The molecule has 2 heterocycles. The molecule has 0 bridgehead atoms. The highest BCUT2D eigenvalue weighted by molar-refractivity contribution is 7.26. The summed E-state index contributed by atoms with van der Waals surface area (Å²) in [5, 5.41) is 3.18. The highest BCUT2D eigenvalue weighted by Gasteiger charge is 2.51. The van der Waals surface area contributed by atoms with Crippen LogP contribution >= 0.6 is 22.9 Å². The zero-order chi connectivity index (χ0) is 35.1. The van der Waals surface area contributed by atoms with Gasteiger partial charge in [0.1, 0.15) is 11.5 Å². The van der Waals surface area contributed by atoms with Gasteiger partial charge >= 0.3 is 0 Å². The van der Waals surface area contributed by atoms with Crippen LogP contribution in [-0.4, -0.2) is 0 Å². The molecule has 1 aliphatic heterocycles. The Hall–Kier alpha value is -6.13. The lowest BCUT2D eigenvalue weighted by Gasteiger charge is -2.40. The van der Waals surface area contributed by atoms with Crippen molar-refractivity contribution < 1.29 is 4.74 Å². The Kier molecular flexibility index (Phi) is 6.73. The molecule has 250 valence electrons. The summed E-state index contributed by atoms with van der Waals surface area (Å²) in [7, 11) is 0. The smallest absolute Gasteiger partial charge is 0.134 e. The molecule has 8 aromatic carbocycles. The first-order valence-corrected chi connectivity index (χ1v) is 19.1. The van der Waals surface area contributed by atoms with Gasteiger partial charge in [-0.3, -0.25) is 0 Å². The molecule has 0 amide bonds. The molecule has 1 aromatic heterocycles. The van der Waals surface area contributed by atoms with Crippen LogP contribution in [0.25, 0.3) is 42.4 Å². The number of rotatable bonds is 4. The van der Waals surface area contributed by atoms with Crippen LogP contribution in [0.2, 0.25) is 5.02 Å². The van der Waals surface area contributed by atoms with Gasteiger partial charge in [-0.2, -0.15) is 0 Å². The average molecular weight is 716 g/mol. The fourth-order valence-corrected chi connectivity index (χ4v) is 10.3. The van der Waals surface area contributed by atoms with Gasteiger partial charge in [-0.05, 0) is 75.8 Å². The molecule has 1 spiro atoms. The van der Waals surface area contributed by atoms with E-state index in [1.807, 2.05) is 23.5 Å². The van der Waals surface area contributed by atoms with E-state index in [-0.39, 0.29) is 0 Å². The topological polar surface area (TPSA) is 12.5 Å². The molecule has 0 N–H and O–H groups in total. The lowest BCUT2D eigenvalue weighted by Crippen LogP contribution is -2.32. The highest BCUT2D eigenvalue weighted by Crippen LogP contribution is 2.63. The van der Waals surface area contributed by atoms with Crippen molar-refractivity contribution in [2.45, 2.75) is 5.41 Å². The van der Waals surface area contributed by atoms with Crippen molar-refractivity contribution in [1.29, 1.82) is 0 Å². The number of benzene rings is 8. The Balaban J connectivity index is 1.18. The first-order chi connectivity index (χ1) is 26.2. The number of hydrogen-bond donors (Lipinski definition) is 0. The Morgan fingerprint density at radius 1 is 0.491 bits per heavy atom.